The van der Waals surface area contributed by atoms with Gasteiger partial charge in [-0.2, -0.15) is 0 Å². The molecule has 1 aliphatic heterocycles. The molecule has 0 aromatic heterocycles. The predicted octanol–water partition coefficient (Wildman–Crippen LogP) is 1.02. The van der Waals surface area contributed by atoms with Gasteiger partial charge in [-0.05, 0) is 12.1 Å². The van der Waals surface area contributed by atoms with E-state index in [1.54, 1.807) is 0 Å². The molecule has 2 rings (SSSR count). The molecule has 0 spiro atoms. The number of nitrogens with zero attached hydrogens (tertiary/aromatic N) is 2. The number of rotatable bonds is 3. The number of anilines is 1. The maximum absolute atomic E-state index is 13.0. The number of nitro groups is 1. The van der Waals surface area contributed by atoms with E-state index in [2.05, 4.69) is 0 Å². The van der Waals surface area contributed by atoms with Gasteiger partial charge in [0.05, 0.1) is 24.1 Å². The fourth-order valence-corrected chi connectivity index (χ4v) is 1.93. The highest BCUT2D eigenvalue weighted by Gasteiger charge is 2.29. The molecule has 1 aliphatic rings. The first-order valence-corrected chi connectivity index (χ1v) is 5.52. The Bertz CT molecular complexity index is 522. The number of carboxylic acids is 1. The summed E-state index contributed by atoms with van der Waals surface area (Å²) >= 11 is 0. The smallest absolute Gasteiger partial charge is 0.334 e. The van der Waals surface area contributed by atoms with Gasteiger partial charge in [-0.15, -0.1) is 0 Å². The van der Waals surface area contributed by atoms with Gasteiger partial charge in [0.25, 0.3) is 5.69 Å². The molecule has 1 heterocycles. The zero-order valence-electron chi connectivity index (χ0n) is 9.78. The third-order valence-corrected chi connectivity index (χ3v) is 2.82. The molecule has 102 valence electrons. The summed E-state index contributed by atoms with van der Waals surface area (Å²) in [6.45, 7) is 0.448. The van der Waals surface area contributed by atoms with Crippen molar-refractivity contribution in [2.24, 2.45) is 0 Å². The molecule has 1 fully saturated rings. The van der Waals surface area contributed by atoms with E-state index in [0.29, 0.717) is 6.54 Å². The van der Waals surface area contributed by atoms with Gasteiger partial charge in [0.15, 0.2) is 6.10 Å². The van der Waals surface area contributed by atoms with E-state index in [1.807, 2.05) is 0 Å². The van der Waals surface area contributed by atoms with Gasteiger partial charge < -0.3 is 14.7 Å². The van der Waals surface area contributed by atoms with Crippen molar-refractivity contribution in [2.75, 3.05) is 24.6 Å². The molecule has 19 heavy (non-hydrogen) atoms. The Labute approximate surface area is 107 Å². The van der Waals surface area contributed by atoms with Crippen LogP contribution in [0.15, 0.2) is 18.2 Å². The summed E-state index contributed by atoms with van der Waals surface area (Å²) in [6, 6.07) is 3.20. The molecule has 0 saturated carbocycles. The molecule has 8 heteroatoms. The van der Waals surface area contributed by atoms with Crippen molar-refractivity contribution in [3.8, 4) is 0 Å². The quantitative estimate of drug-likeness (QED) is 0.651. The molecule has 0 aliphatic carbocycles. The normalized spacial score (nSPS) is 19.2. The summed E-state index contributed by atoms with van der Waals surface area (Å²) in [7, 11) is 0. The van der Waals surface area contributed by atoms with E-state index >= 15 is 0 Å². The first-order chi connectivity index (χ1) is 8.99. The maximum atomic E-state index is 13.0. The topological polar surface area (TPSA) is 92.9 Å². The van der Waals surface area contributed by atoms with Crippen LogP contribution in [0.5, 0.6) is 0 Å². The second-order valence-electron chi connectivity index (χ2n) is 4.03. The largest absolute Gasteiger partial charge is 0.479 e. The monoisotopic (exact) mass is 270 g/mol. The Hall–Kier alpha value is -2.22. The van der Waals surface area contributed by atoms with Crippen molar-refractivity contribution in [1.29, 1.82) is 0 Å². The van der Waals surface area contributed by atoms with Crippen LogP contribution in [0.1, 0.15) is 0 Å². The highest BCUT2D eigenvalue weighted by atomic mass is 19.1. The summed E-state index contributed by atoms with van der Waals surface area (Å²) in [5.74, 6) is -1.84. The summed E-state index contributed by atoms with van der Waals surface area (Å²) in [5, 5.41) is 19.8. The van der Waals surface area contributed by atoms with E-state index in [9.17, 15) is 19.3 Å². The van der Waals surface area contributed by atoms with Gasteiger partial charge in [0.2, 0.25) is 0 Å². The number of ether oxygens (including phenoxy) is 1. The molecule has 1 aromatic rings. The highest BCUT2D eigenvalue weighted by Crippen LogP contribution is 2.30. The Morgan fingerprint density at radius 3 is 2.95 bits per heavy atom. The van der Waals surface area contributed by atoms with Gasteiger partial charge in [-0.1, -0.05) is 0 Å². The van der Waals surface area contributed by atoms with Crippen molar-refractivity contribution in [1.82, 2.24) is 0 Å². The fourth-order valence-electron chi connectivity index (χ4n) is 1.93. The number of hydrogen-bond acceptors (Lipinski definition) is 5. The van der Waals surface area contributed by atoms with Crippen LogP contribution in [-0.2, 0) is 9.53 Å². The number of hydrogen-bond donors (Lipinski definition) is 1. The summed E-state index contributed by atoms with van der Waals surface area (Å²) in [6.07, 6.45) is -1.04. The van der Waals surface area contributed by atoms with Crippen LogP contribution in [0.3, 0.4) is 0 Å². The van der Waals surface area contributed by atoms with E-state index in [0.717, 1.165) is 12.1 Å². The molecule has 1 saturated heterocycles. The minimum absolute atomic E-state index is 0.0121. The lowest BCUT2D eigenvalue weighted by Crippen LogP contribution is -2.46. The van der Waals surface area contributed by atoms with E-state index in [-0.39, 0.29) is 24.5 Å². The first-order valence-electron chi connectivity index (χ1n) is 5.52. The highest BCUT2D eigenvalue weighted by molar-refractivity contribution is 5.74. The van der Waals surface area contributed by atoms with Crippen LogP contribution >= 0.6 is 0 Å². The molecule has 0 bridgehead atoms. The predicted molar refractivity (Wildman–Crippen MR) is 62.6 cm³/mol. The van der Waals surface area contributed by atoms with Crippen LogP contribution in [0.2, 0.25) is 0 Å². The second-order valence-corrected chi connectivity index (χ2v) is 4.03. The molecule has 1 unspecified atom stereocenters. The second kappa shape index (κ2) is 5.19. The average Bonchev–Trinajstić information content (AvgIpc) is 2.38. The number of carboxylic acid groups (broad SMARTS) is 1. The van der Waals surface area contributed by atoms with Crippen molar-refractivity contribution in [3.05, 3.63) is 34.1 Å². The minimum atomic E-state index is -1.13. The summed E-state index contributed by atoms with van der Waals surface area (Å²) in [5.41, 5.74) is -0.188. The molecule has 0 amide bonds. The van der Waals surface area contributed by atoms with Crippen LogP contribution < -0.4 is 4.90 Å². The SMILES string of the molecule is O=C(O)C1CN(c2ccc(F)cc2[N+](=O)[O-])CCO1. The number of morpholine rings is 1. The number of nitro benzene ring substituents is 1. The number of aliphatic carboxylic acids is 1. The Morgan fingerprint density at radius 1 is 1.58 bits per heavy atom. The first kappa shape index (κ1) is 13.2. The van der Waals surface area contributed by atoms with Gasteiger partial charge in [-0.25, -0.2) is 9.18 Å². The molecular weight excluding hydrogens is 259 g/mol. The van der Waals surface area contributed by atoms with Crippen LogP contribution in [0.4, 0.5) is 15.8 Å². The molecular formula is C11H11FN2O5. The number of carbonyl (C=O) groups is 1. The molecule has 1 atom stereocenters. The van der Waals surface area contributed by atoms with Gasteiger partial charge in [0, 0.05) is 6.54 Å². The zero-order chi connectivity index (χ0) is 14.0. The van der Waals surface area contributed by atoms with Crippen molar-refractivity contribution < 1.29 is 24.0 Å². The lowest BCUT2D eigenvalue weighted by molar-refractivity contribution is -0.384. The molecule has 1 aromatic carbocycles. The van der Waals surface area contributed by atoms with Crippen LogP contribution in [-0.4, -0.2) is 41.8 Å². The van der Waals surface area contributed by atoms with Gasteiger partial charge in [-0.3, -0.25) is 10.1 Å². The zero-order valence-corrected chi connectivity index (χ0v) is 9.78. The maximum Gasteiger partial charge on any atom is 0.334 e. The Balaban J connectivity index is 2.30. The Kier molecular flexibility index (Phi) is 3.61. The Morgan fingerprint density at radius 2 is 2.32 bits per heavy atom. The summed E-state index contributed by atoms with van der Waals surface area (Å²) < 4.78 is 18.1. The average molecular weight is 270 g/mol. The summed E-state index contributed by atoms with van der Waals surface area (Å²) in [4.78, 5) is 22.6. The number of halogens is 1. The van der Waals surface area contributed by atoms with Gasteiger partial charge in [0.1, 0.15) is 11.5 Å². The van der Waals surface area contributed by atoms with Crippen molar-refractivity contribution in [3.63, 3.8) is 0 Å². The molecule has 7 nitrogen and oxygen atoms in total. The van der Waals surface area contributed by atoms with E-state index < -0.39 is 22.8 Å². The lowest BCUT2D eigenvalue weighted by atomic mass is 10.2. The van der Waals surface area contributed by atoms with Gasteiger partial charge >= 0.3 is 5.97 Å². The standard InChI is InChI=1S/C11H11FN2O5/c12-7-1-2-8(9(5-7)14(17)18)13-3-4-19-10(6-13)11(15)16/h1-2,5,10H,3-4,6H2,(H,15,16). The third kappa shape index (κ3) is 2.79. The number of benzene rings is 1. The van der Waals surface area contributed by atoms with E-state index in [1.165, 1.54) is 11.0 Å². The van der Waals surface area contributed by atoms with Crippen molar-refractivity contribution in [2.45, 2.75) is 6.10 Å². The molecule has 0 radical (unpaired) electrons. The van der Waals surface area contributed by atoms with Crippen LogP contribution in [0.25, 0.3) is 0 Å². The van der Waals surface area contributed by atoms with Crippen LogP contribution in [0, 0.1) is 15.9 Å². The fraction of sp³-hybridized carbons (Fsp3) is 0.364. The third-order valence-electron chi connectivity index (χ3n) is 2.82. The lowest BCUT2D eigenvalue weighted by Gasteiger charge is -2.32. The minimum Gasteiger partial charge on any atom is -0.479 e. The molecule has 1 N–H and O–H groups in total. The van der Waals surface area contributed by atoms with Crippen molar-refractivity contribution >= 4 is 17.3 Å². The van der Waals surface area contributed by atoms with E-state index in [4.69, 9.17) is 9.84 Å².